The summed E-state index contributed by atoms with van der Waals surface area (Å²) in [6.45, 7) is 4.51. The molecule has 0 aliphatic heterocycles. The first kappa shape index (κ1) is 23.9. The molecule has 0 unspecified atom stereocenters. The number of benzene rings is 4. The van der Waals surface area contributed by atoms with Crippen molar-refractivity contribution in [2.45, 2.75) is 33.4 Å². The predicted molar refractivity (Wildman–Crippen MR) is 146 cm³/mol. The maximum Gasteiger partial charge on any atom is 0.358 e. The Kier molecular flexibility index (Phi) is 8.69. The van der Waals surface area contributed by atoms with Gasteiger partial charge in [0.15, 0.2) is 7.14 Å². The topological polar surface area (TPSA) is 0 Å². The first-order valence-electron chi connectivity index (χ1n) is 9.69. The fourth-order valence-corrected chi connectivity index (χ4v) is 8.02. The molecule has 0 fully saturated rings. The van der Waals surface area contributed by atoms with Crippen LogP contribution in [0.25, 0.3) is 0 Å². The van der Waals surface area contributed by atoms with Gasteiger partial charge in [-0.3, -0.25) is 0 Å². The Morgan fingerprint density at radius 2 is 0.871 bits per heavy atom. The first-order valence-corrected chi connectivity index (χ1v) is 15.6. The normalized spacial score (nSPS) is 11.0. The van der Waals surface area contributed by atoms with E-state index in [-0.39, 0.29) is 21.2 Å². The lowest BCUT2D eigenvalue weighted by molar-refractivity contribution is -0.598. The molecule has 4 rings (SSSR count). The Bertz CT molecular complexity index is 1090. The highest BCUT2D eigenvalue weighted by Gasteiger charge is 2.21. The van der Waals surface area contributed by atoms with E-state index >= 15 is 0 Å². The van der Waals surface area contributed by atoms with E-state index in [1.54, 1.807) is 0 Å². The van der Waals surface area contributed by atoms with Gasteiger partial charge in [0.25, 0.3) is 0 Å². The SMILES string of the molecule is Cc1cc(Sc2ccc(I)cc2)ccc1[I+]c1ccc(Sc2ccc(I)cc2)cc1C. The van der Waals surface area contributed by atoms with Gasteiger partial charge in [-0.25, -0.2) is 0 Å². The summed E-state index contributed by atoms with van der Waals surface area (Å²) >= 11 is 8.19. The Balaban J connectivity index is 1.45. The average molecular weight is 777 g/mol. The van der Waals surface area contributed by atoms with E-state index < -0.39 is 0 Å². The second-order valence-electron chi connectivity index (χ2n) is 7.03. The molecule has 0 amide bonds. The van der Waals surface area contributed by atoms with Crippen molar-refractivity contribution in [2.24, 2.45) is 0 Å². The van der Waals surface area contributed by atoms with E-state index in [1.165, 1.54) is 45.0 Å². The number of rotatable bonds is 6. The highest BCUT2D eigenvalue weighted by molar-refractivity contribution is 14.1. The quantitative estimate of drug-likeness (QED) is 0.223. The van der Waals surface area contributed by atoms with Crippen LogP contribution in [0.4, 0.5) is 0 Å². The summed E-state index contributed by atoms with van der Waals surface area (Å²) in [7, 11) is 0. The summed E-state index contributed by atoms with van der Waals surface area (Å²) in [5.41, 5.74) is 2.81. The molecule has 0 aromatic heterocycles. The molecule has 0 saturated carbocycles. The fraction of sp³-hybridized carbons (Fsp3) is 0.0769. The molecule has 31 heavy (non-hydrogen) atoms. The first-order chi connectivity index (χ1) is 15.0. The van der Waals surface area contributed by atoms with Crippen LogP contribution in [0.15, 0.2) is 105 Å². The monoisotopic (exact) mass is 777 g/mol. The van der Waals surface area contributed by atoms with Crippen molar-refractivity contribution in [1.82, 2.24) is 0 Å². The number of hydrogen-bond donors (Lipinski definition) is 0. The maximum atomic E-state index is 2.35. The van der Waals surface area contributed by atoms with E-state index in [0.29, 0.717) is 0 Å². The Labute approximate surface area is 230 Å². The number of halogens is 3. The van der Waals surface area contributed by atoms with E-state index in [2.05, 4.69) is 144 Å². The van der Waals surface area contributed by atoms with Gasteiger partial charge in [-0.1, -0.05) is 23.5 Å². The number of aryl methyl sites for hydroxylation is 2. The van der Waals surface area contributed by atoms with Gasteiger partial charge in [-0.05, 0) is 144 Å². The van der Waals surface area contributed by atoms with Crippen molar-refractivity contribution in [3.63, 3.8) is 0 Å². The summed E-state index contributed by atoms with van der Waals surface area (Å²) < 4.78 is 5.56. The lowest BCUT2D eigenvalue weighted by Gasteiger charge is -2.05. The minimum Gasteiger partial charge on any atom is -0.0901 e. The molecule has 0 heterocycles. The van der Waals surface area contributed by atoms with Crippen LogP contribution in [-0.4, -0.2) is 0 Å². The van der Waals surface area contributed by atoms with Crippen molar-refractivity contribution >= 4 is 68.7 Å². The van der Waals surface area contributed by atoms with E-state index in [0.717, 1.165) is 0 Å². The van der Waals surface area contributed by atoms with Crippen LogP contribution in [0.2, 0.25) is 0 Å². The zero-order valence-electron chi connectivity index (χ0n) is 17.0. The van der Waals surface area contributed by atoms with Crippen LogP contribution in [-0.2, 0) is 0 Å². The summed E-state index contributed by atoms with van der Waals surface area (Å²) in [6, 6.07) is 31.4. The second kappa shape index (κ2) is 11.3. The van der Waals surface area contributed by atoms with Crippen molar-refractivity contribution in [3.8, 4) is 0 Å². The van der Waals surface area contributed by atoms with E-state index in [9.17, 15) is 0 Å². The molecule has 0 spiro atoms. The molecule has 0 saturated heterocycles. The molecule has 0 atom stereocenters. The zero-order chi connectivity index (χ0) is 21.8. The molecule has 0 aliphatic carbocycles. The maximum absolute atomic E-state index is 2.35. The summed E-state index contributed by atoms with van der Waals surface area (Å²) in [5, 5.41) is 0. The molecular formula is C26H20I3S2+. The van der Waals surface area contributed by atoms with Gasteiger partial charge in [0.2, 0.25) is 0 Å². The van der Waals surface area contributed by atoms with Crippen LogP contribution < -0.4 is 21.2 Å². The standard InChI is InChI=1S/C26H20I3S2/c1-17-15-23(30-21-7-3-19(27)4-8-21)11-13-25(17)29-26-14-12-24(16-18(26)2)31-22-9-5-20(28)6-10-22/h3-16H,1-2H3/q+1. The van der Waals surface area contributed by atoms with Gasteiger partial charge in [-0.2, -0.15) is 0 Å². The Hall–Kier alpha value is -0.230. The van der Waals surface area contributed by atoms with Crippen LogP contribution in [0.5, 0.6) is 0 Å². The smallest absolute Gasteiger partial charge is 0.0901 e. The lowest BCUT2D eigenvalue weighted by atomic mass is 10.2. The van der Waals surface area contributed by atoms with E-state index in [4.69, 9.17) is 0 Å². The molecule has 0 bridgehead atoms. The van der Waals surface area contributed by atoms with Gasteiger partial charge >= 0.3 is 21.2 Å². The predicted octanol–water partition coefficient (Wildman–Crippen LogP) is 5.94. The minimum atomic E-state index is -0.191. The van der Waals surface area contributed by atoms with Gasteiger partial charge in [0, 0.05) is 37.8 Å². The number of hydrogen-bond acceptors (Lipinski definition) is 2. The molecule has 156 valence electrons. The van der Waals surface area contributed by atoms with Crippen LogP contribution in [0.1, 0.15) is 11.1 Å². The van der Waals surface area contributed by atoms with Gasteiger partial charge in [0.1, 0.15) is 0 Å². The van der Waals surface area contributed by atoms with Gasteiger partial charge in [0.05, 0.1) is 0 Å². The fourth-order valence-electron chi connectivity index (χ4n) is 2.96. The Morgan fingerprint density at radius 1 is 0.516 bits per heavy atom. The average Bonchev–Trinajstić information content (AvgIpc) is 2.75. The van der Waals surface area contributed by atoms with Crippen molar-refractivity contribution in [2.75, 3.05) is 0 Å². The third-order valence-corrected chi connectivity index (χ3v) is 11.6. The van der Waals surface area contributed by atoms with Crippen LogP contribution >= 0.6 is 68.7 Å². The van der Waals surface area contributed by atoms with Crippen molar-refractivity contribution < 1.29 is 21.2 Å². The lowest BCUT2D eigenvalue weighted by Crippen LogP contribution is -3.62. The molecule has 0 N–H and O–H groups in total. The molecule has 4 aromatic carbocycles. The van der Waals surface area contributed by atoms with Crippen LogP contribution in [0, 0.1) is 28.1 Å². The van der Waals surface area contributed by atoms with Crippen molar-refractivity contribution in [3.05, 3.63) is 110 Å². The summed E-state index contributed by atoms with van der Waals surface area (Å²) in [6.07, 6.45) is 0. The molecule has 4 aromatic rings. The molecular weight excluding hydrogens is 757 g/mol. The van der Waals surface area contributed by atoms with Crippen molar-refractivity contribution in [1.29, 1.82) is 0 Å². The molecule has 0 aliphatic rings. The largest absolute Gasteiger partial charge is 0.358 e. The second-order valence-corrected chi connectivity index (χ2v) is 14.7. The third-order valence-electron chi connectivity index (χ3n) is 4.56. The molecule has 0 radical (unpaired) electrons. The molecule has 5 heteroatoms. The highest BCUT2D eigenvalue weighted by Crippen LogP contribution is 2.29. The third kappa shape index (κ3) is 6.88. The molecule has 0 nitrogen and oxygen atoms in total. The van der Waals surface area contributed by atoms with Gasteiger partial charge in [-0.15, -0.1) is 0 Å². The van der Waals surface area contributed by atoms with Crippen LogP contribution in [0.3, 0.4) is 0 Å². The Morgan fingerprint density at radius 3 is 1.23 bits per heavy atom. The zero-order valence-corrected chi connectivity index (χ0v) is 25.1. The minimum absolute atomic E-state index is 0.191. The summed E-state index contributed by atoms with van der Waals surface area (Å²) in [4.78, 5) is 5.21. The highest BCUT2D eigenvalue weighted by atomic mass is 127. The summed E-state index contributed by atoms with van der Waals surface area (Å²) in [5.74, 6) is 0. The van der Waals surface area contributed by atoms with E-state index in [1.807, 2.05) is 23.5 Å². The van der Waals surface area contributed by atoms with Gasteiger partial charge < -0.3 is 0 Å².